The molecule has 2 heterocycles. The van der Waals surface area contributed by atoms with Gasteiger partial charge >= 0.3 is 0 Å². The first-order valence-electron chi connectivity index (χ1n) is 7.53. The molecule has 2 aromatic heterocycles. The molecule has 0 saturated carbocycles. The van der Waals surface area contributed by atoms with Crippen molar-refractivity contribution in [3.8, 4) is 11.4 Å². The average Bonchev–Trinajstić information content (AvgIpc) is 3.29. The summed E-state index contributed by atoms with van der Waals surface area (Å²) >= 11 is 1.41. The van der Waals surface area contributed by atoms with E-state index in [-0.39, 0.29) is 12.5 Å². The lowest BCUT2D eigenvalue weighted by molar-refractivity contribution is 0.228. The second-order valence-electron chi connectivity index (χ2n) is 5.03. The Balaban J connectivity index is 1.81. The molecule has 0 amide bonds. The normalized spacial score (nSPS) is 12.0. The molecular weight excluding hydrogens is 351 g/mol. The molecule has 0 bridgehead atoms. The van der Waals surface area contributed by atoms with Gasteiger partial charge in [-0.25, -0.2) is 20.4 Å². The number of aliphatic imine (C=N–C) groups is 2. The quantitative estimate of drug-likeness (QED) is 0.267. The smallest absolute Gasteiger partial charge is 0.245 e. The third-order valence-corrected chi connectivity index (χ3v) is 3.61. The Morgan fingerprint density at radius 3 is 2.96 bits per heavy atom. The molecule has 0 atom stereocenters. The van der Waals surface area contributed by atoms with E-state index in [0.29, 0.717) is 22.9 Å². The van der Waals surface area contributed by atoms with Gasteiger partial charge in [0.25, 0.3) is 0 Å². The van der Waals surface area contributed by atoms with Crippen LogP contribution in [0.4, 0.5) is 5.82 Å². The highest BCUT2D eigenvalue weighted by Gasteiger charge is 2.12. The number of aromatic amines is 1. The van der Waals surface area contributed by atoms with E-state index in [1.807, 2.05) is 42.1 Å². The van der Waals surface area contributed by atoms with Crippen LogP contribution in [-0.4, -0.2) is 55.8 Å². The second kappa shape index (κ2) is 8.45. The number of nitrogens with one attached hydrogen (secondary N) is 2. The Morgan fingerprint density at radius 2 is 2.23 bits per heavy atom. The van der Waals surface area contributed by atoms with Gasteiger partial charge in [0.15, 0.2) is 11.6 Å². The van der Waals surface area contributed by atoms with Gasteiger partial charge in [0.05, 0.1) is 5.55 Å². The molecule has 11 heteroatoms. The van der Waals surface area contributed by atoms with Crippen molar-refractivity contribution in [1.29, 1.82) is 0 Å². The zero-order valence-electron chi connectivity index (χ0n) is 13.9. The van der Waals surface area contributed by atoms with Gasteiger partial charge in [0, 0.05) is 11.8 Å². The lowest BCUT2D eigenvalue weighted by Gasteiger charge is -2.06. The van der Waals surface area contributed by atoms with Crippen LogP contribution >= 0.6 is 11.8 Å². The van der Waals surface area contributed by atoms with Crippen LogP contribution in [0.15, 0.2) is 46.5 Å². The Morgan fingerprint density at radius 1 is 1.42 bits per heavy atom. The van der Waals surface area contributed by atoms with Crippen molar-refractivity contribution in [2.45, 2.75) is 6.54 Å². The molecular formula is C15H15BN8OS. The van der Waals surface area contributed by atoms with Crippen LogP contribution < -0.4 is 10.9 Å². The summed E-state index contributed by atoms with van der Waals surface area (Å²) in [5.74, 6) is 1.53. The molecule has 1 aromatic carbocycles. The van der Waals surface area contributed by atoms with E-state index in [1.165, 1.54) is 22.6 Å². The SMILES string of the molecule is [B]c1cnn(C(=NCc2nc(-c3ccccc3)n[nH]2)NO)c1/N=C/SC. The van der Waals surface area contributed by atoms with Gasteiger partial charge in [-0.05, 0) is 11.7 Å². The number of hydrogen-bond donors (Lipinski definition) is 3. The number of H-pyrrole nitrogens is 1. The van der Waals surface area contributed by atoms with Crippen molar-refractivity contribution < 1.29 is 5.21 Å². The van der Waals surface area contributed by atoms with Crippen LogP contribution in [-0.2, 0) is 6.54 Å². The fourth-order valence-corrected chi connectivity index (χ4v) is 2.33. The number of benzene rings is 1. The predicted octanol–water partition coefficient (Wildman–Crippen LogP) is 0.868. The minimum atomic E-state index is 0.0626. The van der Waals surface area contributed by atoms with Crippen molar-refractivity contribution in [3.05, 3.63) is 42.4 Å². The molecule has 3 rings (SSSR count). The Bertz CT molecular complexity index is 921. The minimum Gasteiger partial charge on any atom is -0.288 e. The van der Waals surface area contributed by atoms with Gasteiger partial charge in [0.1, 0.15) is 20.2 Å². The molecule has 0 fully saturated rings. The first-order chi connectivity index (χ1) is 12.7. The van der Waals surface area contributed by atoms with E-state index < -0.39 is 0 Å². The topological polar surface area (TPSA) is 116 Å². The van der Waals surface area contributed by atoms with Gasteiger partial charge in [-0.2, -0.15) is 14.9 Å². The predicted molar refractivity (Wildman–Crippen MR) is 103 cm³/mol. The lowest BCUT2D eigenvalue weighted by atomic mass is 10.0. The number of thioether (sulfide) groups is 1. The molecule has 9 nitrogen and oxygen atoms in total. The molecule has 26 heavy (non-hydrogen) atoms. The zero-order valence-corrected chi connectivity index (χ0v) is 14.7. The van der Waals surface area contributed by atoms with Crippen molar-refractivity contribution in [2.75, 3.05) is 6.26 Å². The van der Waals surface area contributed by atoms with E-state index in [1.54, 1.807) is 5.55 Å². The van der Waals surface area contributed by atoms with Crippen LogP contribution in [0, 0.1) is 0 Å². The van der Waals surface area contributed by atoms with Gasteiger partial charge in [-0.1, -0.05) is 30.3 Å². The standard InChI is InChI=1S/C15H15BN8OS/c1-26-9-18-14-11(16)7-19-24(14)15(23-25)17-8-12-20-13(22-21-12)10-5-3-2-4-6-10/h2-7,9,25H,8H2,1H3,(H,17,23)(H,20,21,22)/b18-9+. The molecule has 0 spiro atoms. The number of nitrogens with zero attached hydrogens (tertiary/aromatic N) is 6. The third-order valence-electron chi connectivity index (χ3n) is 3.29. The highest BCUT2D eigenvalue weighted by Crippen LogP contribution is 2.13. The van der Waals surface area contributed by atoms with E-state index in [9.17, 15) is 5.21 Å². The molecule has 0 aliphatic rings. The number of aromatic nitrogens is 5. The van der Waals surface area contributed by atoms with Gasteiger partial charge in [0.2, 0.25) is 5.96 Å². The molecule has 2 radical (unpaired) electrons. The number of rotatable bonds is 5. The van der Waals surface area contributed by atoms with Gasteiger partial charge in [-0.3, -0.25) is 10.3 Å². The number of hydroxylamine groups is 1. The highest BCUT2D eigenvalue weighted by molar-refractivity contribution is 8.11. The first kappa shape index (κ1) is 17.9. The average molecular weight is 366 g/mol. The summed E-state index contributed by atoms with van der Waals surface area (Å²) in [5, 5.41) is 20.5. The van der Waals surface area contributed by atoms with Crippen molar-refractivity contribution in [1.82, 2.24) is 30.4 Å². The maximum Gasteiger partial charge on any atom is 0.245 e. The molecule has 3 aromatic rings. The van der Waals surface area contributed by atoms with Crippen molar-refractivity contribution >= 4 is 42.4 Å². The number of hydrogen-bond acceptors (Lipinski definition) is 7. The van der Waals surface area contributed by atoms with Crippen LogP contribution in [0.5, 0.6) is 0 Å². The molecule has 0 saturated heterocycles. The summed E-state index contributed by atoms with van der Waals surface area (Å²) in [4.78, 5) is 12.8. The van der Waals surface area contributed by atoms with Crippen LogP contribution in [0.25, 0.3) is 11.4 Å². The lowest BCUT2D eigenvalue weighted by Crippen LogP contribution is -2.29. The summed E-state index contributed by atoms with van der Waals surface area (Å²) < 4.78 is 1.30. The second-order valence-corrected chi connectivity index (χ2v) is 5.71. The van der Waals surface area contributed by atoms with Crippen molar-refractivity contribution in [2.24, 2.45) is 9.98 Å². The van der Waals surface area contributed by atoms with E-state index >= 15 is 0 Å². The maximum absolute atomic E-state index is 9.41. The molecule has 0 aliphatic carbocycles. The Labute approximate surface area is 155 Å². The summed E-state index contributed by atoms with van der Waals surface area (Å²) in [6.45, 7) is 0.147. The molecule has 0 unspecified atom stereocenters. The fourth-order valence-electron chi connectivity index (χ4n) is 2.12. The fraction of sp³-hybridized carbons (Fsp3) is 0.133. The molecule has 130 valence electrons. The Hall–Kier alpha value is -2.92. The highest BCUT2D eigenvalue weighted by atomic mass is 32.2. The van der Waals surface area contributed by atoms with Crippen molar-refractivity contribution in [3.63, 3.8) is 0 Å². The third kappa shape index (κ3) is 4.00. The van der Waals surface area contributed by atoms with Gasteiger partial charge in [-0.15, -0.1) is 11.8 Å². The monoisotopic (exact) mass is 366 g/mol. The van der Waals surface area contributed by atoms with Crippen LogP contribution in [0.3, 0.4) is 0 Å². The maximum atomic E-state index is 9.41. The van der Waals surface area contributed by atoms with E-state index in [0.717, 1.165) is 5.56 Å². The first-order valence-corrected chi connectivity index (χ1v) is 8.82. The molecule has 0 aliphatic heterocycles. The zero-order chi connectivity index (χ0) is 18.4. The Kier molecular flexibility index (Phi) is 5.82. The van der Waals surface area contributed by atoms with Gasteiger partial charge < -0.3 is 0 Å². The summed E-state index contributed by atoms with van der Waals surface area (Å²) in [6.07, 6.45) is 3.30. The largest absolute Gasteiger partial charge is 0.288 e. The summed E-state index contributed by atoms with van der Waals surface area (Å²) in [7, 11) is 5.85. The summed E-state index contributed by atoms with van der Waals surface area (Å²) in [5.41, 5.74) is 4.88. The summed E-state index contributed by atoms with van der Waals surface area (Å²) in [6, 6.07) is 9.58. The minimum absolute atomic E-state index is 0.0626. The molecule has 3 N–H and O–H groups in total. The van der Waals surface area contributed by atoms with E-state index in [2.05, 4.69) is 30.3 Å². The van der Waals surface area contributed by atoms with E-state index in [4.69, 9.17) is 7.85 Å². The van der Waals surface area contributed by atoms with Crippen LogP contribution in [0.1, 0.15) is 5.82 Å². The van der Waals surface area contributed by atoms with Crippen LogP contribution in [0.2, 0.25) is 0 Å².